The zero-order valence-corrected chi connectivity index (χ0v) is 22.3. The van der Waals surface area contributed by atoms with Crippen molar-refractivity contribution in [1.29, 1.82) is 0 Å². The predicted octanol–water partition coefficient (Wildman–Crippen LogP) is 9.02. The van der Waals surface area contributed by atoms with E-state index in [4.69, 9.17) is 4.55 Å². The van der Waals surface area contributed by atoms with Crippen molar-refractivity contribution in [1.82, 2.24) is 0 Å². The van der Waals surface area contributed by atoms with Crippen molar-refractivity contribution < 1.29 is 144 Å². The van der Waals surface area contributed by atoms with Gasteiger partial charge in [-0.05, 0) is 0 Å². The molecule has 302 valence electrons. The molecule has 0 amide bonds. The highest BCUT2D eigenvalue weighted by molar-refractivity contribution is 7.80. The normalized spacial score (nSPS) is 17.0. The molecule has 0 aliphatic carbocycles. The van der Waals surface area contributed by atoms with Crippen LogP contribution in [0.1, 0.15) is 6.42 Å². The van der Waals surface area contributed by atoms with Gasteiger partial charge in [0.25, 0.3) is 0 Å². The highest BCUT2D eigenvalue weighted by atomic mass is 32.3. The van der Waals surface area contributed by atoms with E-state index < -0.39 is 107 Å². The summed E-state index contributed by atoms with van der Waals surface area (Å²) in [5.41, 5.74) is 0. The van der Waals surface area contributed by atoms with Crippen molar-refractivity contribution in [2.75, 3.05) is 6.61 Å². The molecule has 0 saturated heterocycles. The standard InChI is InChI=1S/C16H5F29O4S/c17-3(18,1-2-49-50(46,47)48)4(19,20)5(21,22)6(23,24)7(25,26)8(27,28)9(29,30)10(31,32)11(33,34)12(35,36)13(37,38)14(39,40)15(41,42)16(43,44)45/h1-2H2,(H,46,47,48). The predicted molar refractivity (Wildman–Crippen MR) is 92.5 cm³/mol. The lowest BCUT2D eigenvalue weighted by Gasteiger charge is -2.46. The number of halogens is 29. The minimum absolute atomic E-state index is 2.79. The van der Waals surface area contributed by atoms with E-state index in [1.807, 2.05) is 0 Å². The van der Waals surface area contributed by atoms with Crippen molar-refractivity contribution in [2.24, 2.45) is 0 Å². The van der Waals surface area contributed by atoms with E-state index in [1.54, 1.807) is 0 Å². The fraction of sp³-hybridized carbons (Fsp3) is 1.00. The van der Waals surface area contributed by atoms with Crippen LogP contribution in [-0.4, -0.2) is 103 Å². The summed E-state index contributed by atoms with van der Waals surface area (Å²) in [7, 11) is -6.06. The fourth-order valence-electron chi connectivity index (χ4n) is 2.81. The first-order valence-electron chi connectivity index (χ1n) is 10.6. The summed E-state index contributed by atoms with van der Waals surface area (Å²) in [5.74, 6) is -122. The molecular formula is C16H5F29O4S. The van der Waals surface area contributed by atoms with Gasteiger partial charge in [-0.25, -0.2) is 4.18 Å². The molecule has 0 heterocycles. The van der Waals surface area contributed by atoms with Gasteiger partial charge in [0, 0.05) is 6.42 Å². The molecule has 0 aliphatic rings. The van der Waals surface area contributed by atoms with Gasteiger partial charge in [0.05, 0.1) is 6.61 Å². The average Bonchev–Trinajstić information content (AvgIpc) is 2.85. The molecule has 0 radical (unpaired) electrons. The number of hydrogen-bond acceptors (Lipinski definition) is 3. The van der Waals surface area contributed by atoms with E-state index in [1.165, 1.54) is 0 Å². The van der Waals surface area contributed by atoms with Gasteiger partial charge in [-0.1, -0.05) is 0 Å². The summed E-state index contributed by atoms with van der Waals surface area (Å²) in [5, 5.41) is 0. The van der Waals surface area contributed by atoms with Crippen LogP contribution in [0.15, 0.2) is 0 Å². The van der Waals surface area contributed by atoms with Crippen molar-refractivity contribution in [2.45, 2.75) is 89.6 Å². The first kappa shape index (κ1) is 47.8. The van der Waals surface area contributed by atoms with E-state index in [0.29, 0.717) is 0 Å². The van der Waals surface area contributed by atoms with Crippen LogP contribution in [0.25, 0.3) is 0 Å². The van der Waals surface area contributed by atoms with Crippen molar-refractivity contribution in [3.05, 3.63) is 0 Å². The van der Waals surface area contributed by atoms with E-state index in [2.05, 4.69) is 4.18 Å². The third kappa shape index (κ3) is 6.11. The Kier molecular flexibility index (Phi) is 11.4. The van der Waals surface area contributed by atoms with Gasteiger partial charge >= 0.3 is 93.6 Å². The number of rotatable bonds is 16. The molecular weight excluding hydrogens is 839 g/mol. The molecule has 0 spiro atoms. The van der Waals surface area contributed by atoms with Gasteiger partial charge in [-0.2, -0.15) is 136 Å². The second-order valence-corrected chi connectivity index (χ2v) is 10.2. The second-order valence-electron chi connectivity index (χ2n) is 9.09. The summed E-state index contributed by atoms with van der Waals surface area (Å²) < 4.78 is 419. The first-order chi connectivity index (χ1) is 21.0. The lowest BCUT2D eigenvalue weighted by molar-refractivity contribution is -0.487. The Balaban J connectivity index is 7.43. The molecule has 0 aromatic carbocycles. The van der Waals surface area contributed by atoms with E-state index in [9.17, 15) is 136 Å². The Hall–Kier alpha value is -2.16. The van der Waals surface area contributed by atoms with Crippen LogP contribution >= 0.6 is 0 Å². The largest absolute Gasteiger partial charge is 0.460 e. The lowest BCUT2D eigenvalue weighted by Crippen LogP contribution is -2.79. The summed E-state index contributed by atoms with van der Waals surface area (Å²) in [4.78, 5) is 0. The molecule has 0 saturated carbocycles. The van der Waals surface area contributed by atoms with E-state index >= 15 is 0 Å². The van der Waals surface area contributed by atoms with Gasteiger partial charge in [0.2, 0.25) is 0 Å². The third-order valence-electron chi connectivity index (χ3n) is 5.80. The molecule has 0 aromatic heterocycles. The number of alkyl halides is 29. The second kappa shape index (κ2) is 11.9. The molecule has 0 aromatic rings. The number of hydrogen-bond donors (Lipinski definition) is 1. The van der Waals surface area contributed by atoms with Gasteiger partial charge in [0.15, 0.2) is 0 Å². The maximum atomic E-state index is 13.8. The van der Waals surface area contributed by atoms with E-state index in [-0.39, 0.29) is 0 Å². The zero-order valence-electron chi connectivity index (χ0n) is 21.5. The van der Waals surface area contributed by atoms with Crippen LogP contribution in [0, 0.1) is 0 Å². The minimum atomic E-state index is -10.0. The minimum Gasteiger partial charge on any atom is -0.264 e. The van der Waals surface area contributed by atoms with Gasteiger partial charge < -0.3 is 0 Å². The molecule has 0 aliphatic heterocycles. The zero-order chi connectivity index (χ0) is 41.6. The van der Waals surface area contributed by atoms with Crippen LogP contribution in [-0.2, 0) is 14.6 Å². The molecule has 34 heteroatoms. The lowest BCUT2D eigenvalue weighted by atomic mass is 9.83. The molecule has 0 atom stereocenters. The molecule has 0 unspecified atom stereocenters. The van der Waals surface area contributed by atoms with Crippen LogP contribution in [0.5, 0.6) is 0 Å². The third-order valence-corrected chi connectivity index (χ3v) is 6.27. The van der Waals surface area contributed by atoms with Crippen LogP contribution in [0.4, 0.5) is 127 Å². The SMILES string of the molecule is O=S(=O)(O)OCCC(F)(F)C(F)(F)C(F)(F)C(F)(F)C(F)(F)C(F)(F)C(F)(F)C(F)(F)C(F)(F)C(F)(F)C(F)(F)C(F)(F)C(F)(F)C(F)(F)F. The van der Waals surface area contributed by atoms with Crippen LogP contribution in [0.3, 0.4) is 0 Å². The van der Waals surface area contributed by atoms with Crippen molar-refractivity contribution in [3.8, 4) is 0 Å². The van der Waals surface area contributed by atoms with Gasteiger partial charge in [-0.15, -0.1) is 0 Å². The Morgan fingerprint density at radius 1 is 0.340 bits per heavy atom. The Bertz CT molecular complexity index is 1340. The van der Waals surface area contributed by atoms with Crippen LogP contribution in [0.2, 0.25) is 0 Å². The monoisotopic (exact) mass is 844 g/mol. The first-order valence-corrected chi connectivity index (χ1v) is 11.9. The van der Waals surface area contributed by atoms with Crippen LogP contribution < -0.4 is 0 Å². The van der Waals surface area contributed by atoms with Crippen molar-refractivity contribution >= 4 is 10.4 Å². The Morgan fingerprint density at radius 3 is 0.700 bits per heavy atom. The quantitative estimate of drug-likeness (QED) is 0.125. The maximum absolute atomic E-state index is 13.8. The molecule has 1 N–H and O–H groups in total. The van der Waals surface area contributed by atoms with Crippen molar-refractivity contribution in [3.63, 3.8) is 0 Å². The molecule has 50 heavy (non-hydrogen) atoms. The molecule has 0 fully saturated rings. The van der Waals surface area contributed by atoms with Gasteiger partial charge in [0.1, 0.15) is 0 Å². The highest BCUT2D eigenvalue weighted by Gasteiger charge is 3.00. The average molecular weight is 844 g/mol. The summed E-state index contributed by atoms with van der Waals surface area (Å²) in [6.07, 6.45) is -11.9. The smallest absolute Gasteiger partial charge is 0.264 e. The summed E-state index contributed by atoms with van der Waals surface area (Å²) in [6.45, 7) is -2.79. The highest BCUT2D eigenvalue weighted by Crippen LogP contribution is 2.69. The topological polar surface area (TPSA) is 63.6 Å². The van der Waals surface area contributed by atoms with E-state index in [0.717, 1.165) is 0 Å². The Labute approximate surface area is 252 Å². The molecule has 4 nitrogen and oxygen atoms in total. The van der Waals surface area contributed by atoms with Gasteiger partial charge in [-0.3, -0.25) is 4.55 Å². The molecule has 0 bridgehead atoms. The summed E-state index contributed by atoms with van der Waals surface area (Å²) in [6, 6.07) is 0. The maximum Gasteiger partial charge on any atom is 0.460 e. The molecule has 0 rings (SSSR count). The summed E-state index contributed by atoms with van der Waals surface area (Å²) >= 11 is 0. The Morgan fingerprint density at radius 2 is 0.520 bits per heavy atom. The fourth-order valence-corrected chi connectivity index (χ4v) is 3.11.